The normalized spacial score (nSPS) is 11.1. The molecule has 0 atom stereocenters. The molecule has 0 saturated carbocycles. The third kappa shape index (κ3) is 6.23. The highest BCUT2D eigenvalue weighted by Gasteiger charge is 2.17. The summed E-state index contributed by atoms with van der Waals surface area (Å²) in [6.45, 7) is 0. The molecule has 0 aliphatic rings. The van der Waals surface area contributed by atoms with Gasteiger partial charge in [-0.2, -0.15) is 0 Å². The van der Waals surface area contributed by atoms with Crippen LogP contribution in [0.1, 0.15) is 0 Å². The summed E-state index contributed by atoms with van der Waals surface area (Å²) in [4.78, 5) is 20.2. The summed E-state index contributed by atoms with van der Waals surface area (Å²) in [5.74, 6) is 1.85. The molecule has 5 heteroatoms. The quantitative estimate of drug-likeness (QED) is 0.169. The van der Waals surface area contributed by atoms with Crippen molar-refractivity contribution in [2.24, 2.45) is 0 Å². The molecular formula is C46H30N4S. The Morgan fingerprint density at radius 1 is 0.275 bits per heavy atom. The zero-order valence-electron chi connectivity index (χ0n) is 27.5. The molecule has 0 aliphatic heterocycles. The van der Waals surface area contributed by atoms with E-state index in [-0.39, 0.29) is 0 Å². The van der Waals surface area contributed by atoms with E-state index in [1.54, 1.807) is 11.3 Å². The molecule has 0 unspecified atom stereocenters. The van der Waals surface area contributed by atoms with Gasteiger partial charge in [-0.05, 0) is 45.5 Å². The Balaban J connectivity index is 1.06. The Morgan fingerprint density at radius 3 is 1.14 bits per heavy atom. The summed E-state index contributed by atoms with van der Waals surface area (Å²) < 4.78 is 1.08. The maximum absolute atomic E-state index is 5.17. The van der Waals surface area contributed by atoms with Crippen LogP contribution in [-0.4, -0.2) is 19.9 Å². The molecule has 0 fully saturated rings. The molecule has 0 amide bonds. The number of hydrogen-bond acceptors (Lipinski definition) is 5. The van der Waals surface area contributed by atoms with Gasteiger partial charge in [0.15, 0.2) is 17.5 Å². The van der Waals surface area contributed by atoms with Crippen molar-refractivity contribution in [3.05, 3.63) is 182 Å². The van der Waals surface area contributed by atoms with E-state index >= 15 is 0 Å². The number of nitrogens with zero attached hydrogens (tertiary/aromatic N) is 4. The molecule has 9 rings (SSSR count). The lowest BCUT2D eigenvalue weighted by molar-refractivity contribution is 1.08. The lowest BCUT2D eigenvalue weighted by atomic mass is 10.00. The second-order valence-electron chi connectivity index (χ2n) is 12.3. The van der Waals surface area contributed by atoms with Crippen molar-refractivity contribution >= 4 is 21.6 Å². The highest BCUT2D eigenvalue weighted by molar-refractivity contribution is 7.21. The van der Waals surface area contributed by atoms with Gasteiger partial charge in [-0.3, -0.25) is 0 Å². The molecule has 0 aliphatic carbocycles. The van der Waals surface area contributed by atoms with Crippen molar-refractivity contribution in [3.63, 3.8) is 0 Å². The Bertz CT molecular complexity index is 2580. The van der Waals surface area contributed by atoms with Crippen LogP contribution in [0.2, 0.25) is 0 Å². The van der Waals surface area contributed by atoms with E-state index in [0.29, 0.717) is 17.5 Å². The van der Waals surface area contributed by atoms with Crippen LogP contribution in [0.4, 0.5) is 0 Å². The summed E-state index contributed by atoms with van der Waals surface area (Å²) >= 11 is 1.68. The fraction of sp³-hybridized carbons (Fsp3) is 0. The topological polar surface area (TPSA) is 51.6 Å². The van der Waals surface area contributed by atoms with Gasteiger partial charge < -0.3 is 0 Å². The standard InChI is InChI=1S/C46H30N4S/c1-4-11-31(12-5-1)33-19-21-35(22-20-33)36-25-29-39(30-26-36)46-47-42-40(17-10-18-41(42)51-46)45-49-43(37-15-8-3-9-16-37)48-44(50-45)38-27-23-34(24-28-38)32-13-6-2-7-14-32/h1-30H. The zero-order chi connectivity index (χ0) is 34.0. The van der Waals surface area contributed by atoms with Gasteiger partial charge in [0.2, 0.25) is 0 Å². The third-order valence-electron chi connectivity index (χ3n) is 9.03. The van der Waals surface area contributed by atoms with Gasteiger partial charge in [0.1, 0.15) is 5.01 Å². The predicted molar refractivity (Wildman–Crippen MR) is 211 cm³/mol. The van der Waals surface area contributed by atoms with Crippen molar-refractivity contribution < 1.29 is 0 Å². The predicted octanol–water partition coefficient (Wildman–Crippen LogP) is 12.2. The van der Waals surface area contributed by atoms with Gasteiger partial charge in [-0.15, -0.1) is 11.3 Å². The summed E-state index contributed by atoms with van der Waals surface area (Å²) in [7, 11) is 0. The Morgan fingerprint density at radius 2 is 0.647 bits per heavy atom. The minimum atomic E-state index is 0.600. The Hall–Kier alpha value is -6.56. The SMILES string of the molecule is c1ccc(-c2ccc(-c3ccc(-c4nc5c(-c6nc(-c7ccccc7)nc(-c7ccc(-c8ccccc8)cc7)n6)cccc5s4)cc3)cc2)cc1. The number of hydrogen-bond donors (Lipinski definition) is 0. The van der Waals surface area contributed by atoms with Gasteiger partial charge >= 0.3 is 0 Å². The van der Waals surface area contributed by atoms with Gasteiger partial charge in [-0.25, -0.2) is 19.9 Å². The molecule has 2 heterocycles. The highest BCUT2D eigenvalue weighted by Crippen LogP contribution is 2.37. The summed E-state index contributed by atoms with van der Waals surface area (Å²) in [5.41, 5.74) is 11.8. The minimum Gasteiger partial charge on any atom is -0.235 e. The largest absolute Gasteiger partial charge is 0.235 e. The fourth-order valence-electron chi connectivity index (χ4n) is 6.33. The molecular weight excluding hydrogens is 641 g/mol. The van der Waals surface area contributed by atoms with E-state index in [4.69, 9.17) is 19.9 Å². The number of aromatic nitrogens is 4. The van der Waals surface area contributed by atoms with Crippen molar-refractivity contribution in [2.75, 3.05) is 0 Å². The zero-order valence-corrected chi connectivity index (χ0v) is 28.3. The van der Waals surface area contributed by atoms with Crippen LogP contribution in [-0.2, 0) is 0 Å². The van der Waals surface area contributed by atoms with E-state index in [0.717, 1.165) is 43.0 Å². The first-order valence-corrected chi connectivity index (χ1v) is 17.7. The van der Waals surface area contributed by atoms with Gasteiger partial charge in [0.05, 0.1) is 10.2 Å². The lowest BCUT2D eigenvalue weighted by Crippen LogP contribution is -2.00. The summed E-state index contributed by atoms with van der Waals surface area (Å²) in [5, 5.41) is 0.956. The van der Waals surface area contributed by atoms with Crippen LogP contribution in [0.25, 0.3) is 88.3 Å². The second kappa shape index (κ2) is 13.4. The van der Waals surface area contributed by atoms with E-state index < -0.39 is 0 Å². The number of fused-ring (bicyclic) bond motifs is 1. The van der Waals surface area contributed by atoms with Crippen molar-refractivity contribution in [1.29, 1.82) is 0 Å². The monoisotopic (exact) mass is 670 g/mol. The molecule has 240 valence electrons. The molecule has 0 bridgehead atoms. The second-order valence-corrected chi connectivity index (χ2v) is 13.3. The Labute approximate surface area is 300 Å². The number of thiazole rings is 1. The average molecular weight is 671 g/mol. The minimum absolute atomic E-state index is 0.600. The van der Waals surface area contributed by atoms with Crippen LogP contribution >= 0.6 is 11.3 Å². The van der Waals surface area contributed by atoms with Crippen LogP contribution in [0.5, 0.6) is 0 Å². The molecule has 0 radical (unpaired) electrons. The van der Waals surface area contributed by atoms with Gasteiger partial charge in [0.25, 0.3) is 0 Å². The fourth-order valence-corrected chi connectivity index (χ4v) is 7.33. The van der Waals surface area contributed by atoms with Crippen molar-refractivity contribution in [3.8, 4) is 78.1 Å². The smallest absolute Gasteiger partial charge is 0.166 e. The molecule has 4 nitrogen and oxygen atoms in total. The molecule has 2 aromatic heterocycles. The Kier molecular flexibility index (Phi) is 8.01. The van der Waals surface area contributed by atoms with E-state index in [1.165, 1.54) is 27.8 Å². The first-order chi connectivity index (χ1) is 25.2. The molecule has 7 aromatic carbocycles. The first-order valence-electron chi connectivity index (χ1n) is 16.9. The van der Waals surface area contributed by atoms with Gasteiger partial charge in [0, 0.05) is 22.3 Å². The van der Waals surface area contributed by atoms with E-state index in [2.05, 4.69) is 140 Å². The van der Waals surface area contributed by atoms with Crippen molar-refractivity contribution in [1.82, 2.24) is 19.9 Å². The number of para-hydroxylation sites is 1. The molecule has 0 N–H and O–H groups in total. The lowest BCUT2D eigenvalue weighted by Gasteiger charge is -2.09. The molecule has 0 saturated heterocycles. The molecule has 0 spiro atoms. The number of rotatable bonds is 7. The van der Waals surface area contributed by atoms with Crippen molar-refractivity contribution in [2.45, 2.75) is 0 Å². The first kappa shape index (κ1) is 30.5. The van der Waals surface area contributed by atoms with E-state index in [9.17, 15) is 0 Å². The maximum atomic E-state index is 5.17. The summed E-state index contributed by atoms with van der Waals surface area (Å²) in [6.07, 6.45) is 0. The van der Waals surface area contributed by atoms with Crippen LogP contribution in [0.15, 0.2) is 182 Å². The van der Waals surface area contributed by atoms with E-state index in [1.807, 2.05) is 42.5 Å². The summed E-state index contributed by atoms with van der Waals surface area (Å²) in [6, 6.07) is 63.0. The molecule has 9 aromatic rings. The molecule has 51 heavy (non-hydrogen) atoms. The van der Waals surface area contributed by atoms with Crippen LogP contribution in [0, 0.1) is 0 Å². The maximum Gasteiger partial charge on any atom is 0.166 e. The van der Waals surface area contributed by atoms with Crippen LogP contribution < -0.4 is 0 Å². The number of benzene rings is 7. The van der Waals surface area contributed by atoms with Crippen LogP contribution in [0.3, 0.4) is 0 Å². The van der Waals surface area contributed by atoms with Gasteiger partial charge in [-0.1, -0.05) is 170 Å². The highest BCUT2D eigenvalue weighted by atomic mass is 32.1. The average Bonchev–Trinajstić information content (AvgIpc) is 3.67. The third-order valence-corrected chi connectivity index (χ3v) is 10.1.